The summed E-state index contributed by atoms with van der Waals surface area (Å²) in [6.45, 7) is 7.89. The zero-order valence-corrected chi connectivity index (χ0v) is 16.4. The minimum Gasteiger partial charge on any atom is -0.348 e. The summed E-state index contributed by atoms with van der Waals surface area (Å²) in [5, 5.41) is 0.420. The molecule has 0 bridgehead atoms. The van der Waals surface area contributed by atoms with E-state index in [2.05, 4.69) is 16.8 Å². The van der Waals surface area contributed by atoms with Crippen LogP contribution in [0.15, 0.2) is 59.4 Å². The number of halogens is 2. The maximum Gasteiger partial charge on any atom is 0.130 e. The topological polar surface area (TPSA) is 16.1 Å². The maximum atomic E-state index is 13.7. The lowest BCUT2D eigenvalue weighted by atomic mass is 10.1. The summed E-state index contributed by atoms with van der Waals surface area (Å²) >= 11 is 5.90. The molecule has 0 saturated carbocycles. The van der Waals surface area contributed by atoms with Crippen LogP contribution in [0.5, 0.6) is 0 Å². The van der Waals surface area contributed by atoms with E-state index in [-0.39, 0.29) is 5.82 Å². The normalized spacial score (nSPS) is 10.8. The van der Waals surface area contributed by atoms with Gasteiger partial charge in [0.05, 0.1) is 0 Å². The number of hydrogen-bond donors (Lipinski definition) is 0. The first-order valence-corrected chi connectivity index (χ1v) is 8.64. The molecule has 2 aromatic rings. The first-order chi connectivity index (χ1) is 12.3. The van der Waals surface area contributed by atoms with Crippen molar-refractivity contribution in [2.45, 2.75) is 27.7 Å². The third kappa shape index (κ3) is 5.47. The molecule has 0 fully saturated rings. The van der Waals surface area contributed by atoms with Crippen LogP contribution in [0, 0.1) is 24.6 Å². The number of aryl methyl sites for hydroxylation is 1. The minimum atomic E-state index is -0.239. The SMILES string of the molecule is CC(C)=C(C#Cc1ccnc(Cl)c1)/C=C(/C)N(C)c1cc(C)cc(F)c1. The highest BCUT2D eigenvalue weighted by Gasteiger charge is 2.06. The average Bonchev–Trinajstić information content (AvgIpc) is 2.56. The third-order valence-electron chi connectivity index (χ3n) is 3.90. The first kappa shape index (κ1) is 19.8. The van der Waals surface area contributed by atoms with Gasteiger partial charge in [0.15, 0.2) is 0 Å². The second-order valence-electron chi connectivity index (χ2n) is 6.36. The van der Waals surface area contributed by atoms with Gasteiger partial charge in [-0.25, -0.2) is 9.37 Å². The summed E-state index contributed by atoms with van der Waals surface area (Å²) in [4.78, 5) is 5.91. The van der Waals surface area contributed by atoms with Crippen molar-refractivity contribution < 1.29 is 4.39 Å². The molecule has 2 rings (SSSR count). The van der Waals surface area contributed by atoms with E-state index in [0.717, 1.165) is 33.7 Å². The number of allylic oxidation sites excluding steroid dienone is 4. The molecule has 0 saturated heterocycles. The molecule has 0 aliphatic rings. The highest BCUT2D eigenvalue weighted by atomic mass is 35.5. The van der Waals surface area contributed by atoms with Crippen LogP contribution in [0.3, 0.4) is 0 Å². The van der Waals surface area contributed by atoms with Gasteiger partial charge in [0, 0.05) is 35.8 Å². The van der Waals surface area contributed by atoms with Crippen LogP contribution in [-0.4, -0.2) is 12.0 Å². The molecule has 2 nitrogen and oxygen atoms in total. The van der Waals surface area contributed by atoms with Crippen LogP contribution in [-0.2, 0) is 0 Å². The van der Waals surface area contributed by atoms with Crippen LogP contribution in [0.4, 0.5) is 10.1 Å². The molecule has 0 spiro atoms. The van der Waals surface area contributed by atoms with Crippen molar-refractivity contribution >= 4 is 17.3 Å². The molecule has 0 atom stereocenters. The van der Waals surface area contributed by atoms with Crippen molar-refractivity contribution in [2.75, 3.05) is 11.9 Å². The van der Waals surface area contributed by atoms with E-state index in [1.807, 2.05) is 57.9 Å². The fourth-order valence-electron chi connectivity index (χ4n) is 2.35. The summed E-state index contributed by atoms with van der Waals surface area (Å²) in [6.07, 6.45) is 3.64. The molecular weight excluding hydrogens is 347 g/mol. The molecular formula is C22H22ClFN2. The van der Waals surface area contributed by atoms with E-state index in [4.69, 9.17) is 11.6 Å². The summed E-state index contributed by atoms with van der Waals surface area (Å²) < 4.78 is 13.7. The van der Waals surface area contributed by atoms with Crippen molar-refractivity contribution in [1.29, 1.82) is 0 Å². The number of nitrogens with zero attached hydrogens (tertiary/aromatic N) is 2. The lowest BCUT2D eigenvalue weighted by Crippen LogP contribution is -2.14. The van der Waals surface area contributed by atoms with Gasteiger partial charge < -0.3 is 4.90 Å². The highest BCUT2D eigenvalue weighted by molar-refractivity contribution is 6.29. The summed E-state index contributed by atoms with van der Waals surface area (Å²) in [7, 11) is 1.92. The molecule has 4 heteroatoms. The number of aromatic nitrogens is 1. The Labute approximate surface area is 160 Å². The Hall–Kier alpha value is -2.57. The Bertz CT molecular complexity index is 908. The lowest BCUT2D eigenvalue weighted by molar-refractivity contribution is 0.626. The van der Waals surface area contributed by atoms with Crippen molar-refractivity contribution in [3.05, 3.63) is 81.5 Å². The van der Waals surface area contributed by atoms with Crippen molar-refractivity contribution in [2.24, 2.45) is 0 Å². The fourth-order valence-corrected chi connectivity index (χ4v) is 2.52. The molecule has 0 unspecified atom stereocenters. The number of anilines is 1. The predicted octanol–water partition coefficient (Wildman–Crippen LogP) is 5.91. The largest absolute Gasteiger partial charge is 0.348 e. The second-order valence-corrected chi connectivity index (χ2v) is 6.75. The molecule has 1 heterocycles. The van der Waals surface area contributed by atoms with Gasteiger partial charge >= 0.3 is 0 Å². The number of pyridine rings is 1. The van der Waals surface area contributed by atoms with Gasteiger partial charge in [-0.1, -0.05) is 29.0 Å². The van der Waals surface area contributed by atoms with Crippen LogP contribution >= 0.6 is 11.6 Å². The molecule has 134 valence electrons. The lowest BCUT2D eigenvalue weighted by Gasteiger charge is -2.21. The zero-order valence-electron chi connectivity index (χ0n) is 15.7. The minimum absolute atomic E-state index is 0.239. The Morgan fingerprint density at radius 1 is 1.19 bits per heavy atom. The van der Waals surface area contributed by atoms with Crippen LogP contribution in [0.2, 0.25) is 5.15 Å². The Balaban J connectivity index is 2.32. The number of hydrogen-bond acceptors (Lipinski definition) is 2. The van der Waals surface area contributed by atoms with Gasteiger partial charge in [0.1, 0.15) is 11.0 Å². The van der Waals surface area contributed by atoms with E-state index >= 15 is 0 Å². The molecule has 0 amide bonds. The van der Waals surface area contributed by atoms with Gasteiger partial charge in [-0.15, -0.1) is 0 Å². The molecule has 0 radical (unpaired) electrons. The molecule has 1 aromatic heterocycles. The number of benzene rings is 1. The molecule has 0 aliphatic heterocycles. The van der Waals surface area contributed by atoms with E-state index in [0.29, 0.717) is 5.15 Å². The van der Waals surface area contributed by atoms with Gasteiger partial charge in [0.2, 0.25) is 0 Å². The van der Waals surface area contributed by atoms with Crippen LogP contribution < -0.4 is 4.90 Å². The summed E-state index contributed by atoms with van der Waals surface area (Å²) in [5.41, 5.74) is 5.48. The van der Waals surface area contributed by atoms with E-state index in [9.17, 15) is 4.39 Å². The van der Waals surface area contributed by atoms with Crippen LogP contribution in [0.25, 0.3) is 0 Å². The van der Waals surface area contributed by atoms with Crippen molar-refractivity contribution in [3.63, 3.8) is 0 Å². The highest BCUT2D eigenvalue weighted by Crippen LogP contribution is 2.21. The smallest absolute Gasteiger partial charge is 0.130 e. The number of rotatable bonds is 3. The monoisotopic (exact) mass is 368 g/mol. The predicted molar refractivity (Wildman–Crippen MR) is 108 cm³/mol. The van der Waals surface area contributed by atoms with E-state index in [1.54, 1.807) is 12.3 Å². The van der Waals surface area contributed by atoms with Crippen molar-refractivity contribution in [3.8, 4) is 11.8 Å². The second kappa shape index (κ2) is 8.69. The fraction of sp³-hybridized carbons (Fsp3) is 0.227. The van der Waals surface area contributed by atoms with E-state index in [1.165, 1.54) is 12.1 Å². The summed E-state index contributed by atoms with van der Waals surface area (Å²) in [5.74, 6) is 6.06. The molecule has 1 aromatic carbocycles. The standard InChI is InChI=1S/C22H22ClFN2/c1-15(2)19(7-6-18-8-9-25-22(23)13-18)12-17(4)26(5)21-11-16(3)10-20(24)14-21/h8-14H,1-5H3/b17-12-. The Kier molecular flexibility index (Phi) is 6.60. The van der Waals surface area contributed by atoms with Crippen LogP contribution in [0.1, 0.15) is 31.9 Å². The molecule has 26 heavy (non-hydrogen) atoms. The van der Waals surface area contributed by atoms with Gasteiger partial charge in [-0.2, -0.15) is 0 Å². The van der Waals surface area contributed by atoms with Gasteiger partial charge in [-0.3, -0.25) is 0 Å². The Morgan fingerprint density at radius 2 is 1.92 bits per heavy atom. The summed E-state index contributed by atoms with van der Waals surface area (Å²) in [6, 6.07) is 8.54. The maximum absolute atomic E-state index is 13.7. The zero-order chi connectivity index (χ0) is 19.3. The average molecular weight is 369 g/mol. The Morgan fingerprint density at radius 3 is 2.54 bits per heavy atom. The van der Waals surface area contributed by atoms with Gasteiger partial charge in [0.25, 0.3) is 0 Å². The van der Waals surface area contributed by atoms with Crippen molar-refractivity contribution in [1.82, 2.24) is 4.98 Å². The molecule has 0 aliphatic carbocycles. The van der Waals surface area contributed by atoms with Gasteiger partial charge in [-0.05, 0) is 69.7 Å². The third-order valence-corrected chi connectivity index (χ3v) is 4.11. The first-order valence-electron chi connectivity index (χ1n) is 8.26. The molecule has 0 N–H and O–H groups in total. The van der Waals surface area contributed by atoms with E-state index < -0.39 is 0 Å². The quantitative estimate of drug-likeness (QED) is 0.380.